The molecule has 0 unspecified atom stereocenters. The topological polar surface area (TPSA) is 140 Å². The Morgan fingerprint density at radius 1 is 1.11 bits per heavy atom. The lowest BCUT2D eigenvalue weighted by Crippen LogP contribution is -2.37. The third-order valence-electron chi connectivity index (χ3n) is 7.57. The van der Waals surface area contributed by atoms with Crippen LogP contribution in [0.4, 0.5) is 22.9 Å². The molecule has 0 atom stereocenters. The molecule has 1 aromatic heterocycles. The van der Waals surface area contributed by atoms with Crippen LogP contribution in [0.3, 0.4) is 0 Å². The smallest absolute Gasteiger partial charge is 0.255 e. The summed E-state index contributed by atoms with van der Waals surface area (Å²) in [6.45, 7) is 10.7. The van der Waals surface area contributed by atoms with Gasteiger partial charge in [0.15, 0.2) is 5.75 Å². The Labute approximate surface area is 264 Å². The van der Waals surface area contributed by atoms with Crippen molar-refractivity contribution < 1.29 is 17.9 Å². The number of sulfonamides is 1. The molecule has 3 heterocycles. The van der Waals surface area contributed by atoms with Crippen LogP contribution in [0.5, 0.6) is 5.75 Å². The first kappa shape index (κ1) is 31.8. The van der Waals surface area contributed by atoms with E-state index in [0.29, 0.717) is 17.8 Å². The van der Waals surface area contributed by atoms with Crippen molar-refractivity contribution in [2.45, 2.75) is 46.5 Å². The summed E-state index contributed by atoms with van der Waals surface area (Å²) in [5.74, 6) is 0.674. The molecule has 2 aromatic carbocycles. The number of amides is 1. The largest absolute Gasteiger partial charge is 0.492 e. The van der Waals surface area contributed by atoms with Crippen LogP contribution in [0.25, 0.3) is 0 Å². The van der Waals surface area contributed by atoms with Gasteiger partial charge in [-0.2, -0.15) is 0 Å². The minimum absolute atomic E-state index is 0.219. The number of ether oxygens (including phenoxy) is 1. The van der Waals surface area contributed by atoms with Crippen LogP contribution < -0.4 is 41.2 Å². The maximum Gasteiger partial charge on any atom is 0.255 e. The fraction of sp³-hybridized carbons (Fsp3) is 0.312. The molecular weight excluding hydrogens is 592 g/mol. The number of hydrogen-bond acceptors (Lipinski definition) is 10. The third kappa shape index (κ3) is 6.90. The van der Waals surface area contributed by atoms with Crippen molar-refractivity contribution in [3.8, 4) is 5.75 Å². The van der Waals surface area contributed by atoms with Crippen LogP contribution in [-0.2, 0) is 15.4 Å². The summed E-state index contributed by atoms with van der Waals surface area (Å²) in [6, 6.07) is 14.8. The molecule has 12 nitrogen and oxygen atoms in total. The van der Waals surface area contributed by atoms with Gasteiger partial charge in [0.25, 0.3) is 5.91 Å². The summed E-state index contributed by atoms with van der Waals surface area (Å²) in [7, 11) is -2.17. The molecule has 2 aliphatic heterocycles. The molecule has 0 bridgehead atoms. The minimum atomic E-state index is -3.60. The number of hydrogen-bond donors (Lipinski definition) is 5. The highest BCUT2D eigenvalue weighted by molar-refractivity contribution is 7.92. The number of rotatable bonds is 9. The zero-order valence-corrected chi connectivity index (χ0v) is 27.4. The molecule has 45 heavy (non-hydrogen) atoms. The predicted octanol–water partition coefficient (Wildman–Crippen LogP) is 4.68. The van der Waals surface area contributed by atoms with E-state index in [2.05, 4.69) is 38.3 Å². The third-order valence-corrected chi connectivity index (χ3v) is 8.16. The number of methoxy groups -OCH3 is 1. The molecule has 0 saturated heterocycles. The zero-order valence-electron chi connectivity index (χ0n) is 26.6. The number of aryl methyl sites for hydroxylation is 1. The fourth-order valence-corrected chi connectivity index (χ4v) is 5.82. The van der Waals surface area contributed by atoms with Crippen molar-refractivity contribution in [1.82, 2.24) is 21.4 Å². The van der Waals surface area contributed by atoms with Crippen LogP contribution in [0.1, 0.15) is 55.6 Å². The SMILES string of the molecule is CCC1=C(C2=CN(c3cc(C(=O)Nc4cc(C(C)(C)C)cc(NS(C)(=O)=O)c4OC)ccc3C)NN2)CNN1c1ccccn1. The molecule has 5 rings (SSSR count). The van der Waals surface area contributed by atoms with Crippen molar-refractivity contribution in [3.63, 3.8) is 0 Å². The van der Waals surface area contributed by atoms with E-state index in [-0.39, 0.29) is 22.8 Å². The number of carbonyl (C=O) groups is 1. The van der Waals surface area contributed by atoms with Gasteiger partial charge in [-0.15, -0.1) is 5.53 Å². The molecule has 0 aliphatic carbocycles. The number of carbonyl (C=O) groups excluding carboxylic acids is 1. The van der Waals surface area contributed by atoms with Gasteiger partial charge in [-0.25, -0.2) is 18.8 Å². The second kappa shape index (κ2) is 12.4. The Morgan fingerprint density at radius 2 is 1.87 bits per heavy atom. The van der Waals surface area contributed by atoms with Gasteiger partial charge in [0.1, 0.15) is 5.82 Å². The standard InChI is InChI=1S/C32H40N8O4S/c1-8-27-23(18-34-40(27)29-11-9-10-14-33-29)26-19-39(38-36-26)28-15-21(13-12-20(28)2)31(41)35-24-16-22(32(3,4)5)17-25(30(24)44-6)37-45(7,42)43/h9-17,19,34,36-38H,8,18H2,1-7H3,(H,35,41). The Bertz CT molecular complexity index is 1780. The average molecular weight is 633 g/mol. The fourth-order valence-electron chi connectivity index (χ4n) is 5.27. The van der Waals surface area contributed by atoms with Gasteiger partial charge in [0, 0.05) is 35.8 Å². The first-order chi connectivity index (χ1) is 21.3. The van der Waals surface area contributed by atoms with E-state index in [0.717, 1.165) is 52.3 Å². The zero-order chi connectivity index (χ0) is 32.5. The normalized spacial score (nSPS) is 15.2. The van der Waals surface area contributed by atoms with E-state index in [1.165, 1.54) is 7.11 Å². The summed E-state index contributed by atoms with van der Waals surface area (Å²) in [6.07, 6.45) is 5.61. The molecule has 2 aliphatic rings. The number of allylic oxidation sites excluding steroid dienone is 1. The van der Waals surface area contributed by atoms with E-state index >= 15 is 0 Å². The number of anilines is 4. The molecule has 0 radical (unpaired) electrons. The van der Waals surface area contributed by atoms with Crippen molar-refractivity contribution in [2.24, 2.45) is 0 Å². The molecule has 3 aromatic rings. The van der Waals surface area contributed by atoms with Gasteiger partial charge in [-0.3, -0.25) is 19.5 Å². The van der Waals surface area contributed by atoms with Crippen LogP contribution in [-0.4, -0.2) is 39.2 Å². The summed E-state index contributed by atoms with van der Waals surface area (Å²) in [5.41, 5.74) is 16.3. The van der Waals surface area contributed by atoms with Gasteiger partial charge >= 0.3 is 0 Å². The predicted molar refractivity (Wildman–Crippen MR) is 178 cm³/mol. The highest BCUT2D eigenvalue weighted by atomic mass is 32.2. The maximum atomic E-state index is 13.6. The molecule has 238 valence electrons. The Kier molecular flexibility index (Phi) is 8.79. The summed E-state index contributed by atoms with van der Waals surface area (Å²) in [5, 5.41) is 6.80. The maximum absolute atomic E-state index is 13.6. The van der Waals surface area contributed by atoms with E-state index in [1.54, 1.807) is 24.4 Å². The first-order valence-corrected chi connectivity index (χ1v) is 16.5. The van der Waals surface area contributed by atoms with E-state index in [4.69, 9.17) is 4.74 Å². The molecule has 5 N–H and O–H groups in total. The number of nitrogens with zero attached hydrogens (tertiary/aromatic N) is 3. The van der Waals surface area contributed by atoms with E-state index in [9.17, 15) is 13.2 Å². The molecule has 0 spiro atoms. The Balaban J connectivity index is 1.44. The second-order valence-corrected chi connectivity index (χ2v) is 13.7. The monoisotopic (exact) mass is 632 g/mol. The number of pyridine rings is 1. The minimum Gasteiger partial charge on any atom is -0.492 e. The van der Waals surface area contributed by atoms with Crippen molar-refractivity contribution in [3.05, 3.63) is 94.6 Å². The average Bonchev–Trinajstić information content (AvgIpc) is 3.64. The lowest BCUT2D eigenvalue weighted by Gasteiger charge is -2.24. The molecule has 0 fully saturated rings. The van der Waals surface area contributed by atoms with Crippen LogP contribution in [0, 0.1) is 6.92 Å². The second-order valence-electron chi connectivity index (χ2n) is 12.0. The van der Waals surface area contributed by atoms with Gasteiger partial charge in [0.2, 0.25) is 10.0 Å². The van der Waals surface area contributed by atoms with Gasteiger partial charge in [-0.05, 0) is 66.3 Å². The first-order valence-electron chi connectivity index (χ1n) is 14.6. The number of nitrogens with one attached hydrogen (secondary N) is 5. The Morgan fingerprint density at radius 3 is 2.51 bits per heavy atom. The molecule has 13 heteroatoms. The van der Waals surface area contributed by atoms with Crippen molar-refractivity contribution in [1.29, 1.82) is 0 Å². The lowest BCUT2D eigenvalue weighted by atomic mass is 9.86. The number of benzene rings is 2. The van der Waals surface area contributed by atoms with Crippen molar-refractivity contribution >= 4 is 38.8 Å². The summed E-state index contributed by atoms with van der Waals surface area (Å²) < 4.78 is 32.3. The number of hydrazine groups is 3. The quantitative estimate of drug-likeness (QED) is 0.226. The Hall–Kier alpha value is -4.59. The summed E-state index contributed by atoms with van der Waals surface area (Å²) >= 11 is 0. The van der Waals surface area contributed by atoms with Crippen LogP contribution in [0.15, 0.2) is 77.9 Å². The van der Waals surface area contributed by atoms with Crippen LogP contribution >= 0.6 is 0 Å². The van der Waals surface area contributed by atoms with Gasteiger partial charge < -0.3 is 15.5 Å². The molecular formula is C32H40N8O4S. The number of aromatic nitrogens is 1. The highest BCUT2D eigenvalue weighted by Gasteiger charge is 2.29. The van der Waals surface area contributed by atoms with Crippen molar-refractivity contribution in [2.75, 3.05) is 40.0 Å². The summed E-state index contributed by atoms with van der Waals surface area (Å²) in [4.78, 5) is 18.1. The van der Waals surface area contributed by atoms with Gasteiger partial charge in [-0.1, -0.05) is 39.8 Å². The van der Waals surface area contributed by atoms with E-state index in [1.807, 2.05) is 74.2 Å². The highest BCUT2D eigenvalue weighted by Crippen LogP contribution is 2.39. The van der Waals surface area contributed by atoms with Crippen LogP contribution in [0.2, 0.25) is 0 Å². The van der Waals surface area contributed by atoms with E-state index < -0.39 is 10.0 Å². The lowest BCUT2D eigenvalue weighted by molar-refractivity contribution is 0.102. The molecule has 1 amide bonds. The van der Waals surface area contributed by atoms with Gasteiger partial charge in [0.05, 0.1) is 36.1 Å². The molecule has 0 saturated carbocycles.